The minimum Gasteiger partial charge on any atom is -0.488 e. The molecule has 2 atom stereocenters. The number of benzene rings is 1. The average Bonchev–Trinajstić information content (AvgIpc) is 3.48. The third kappa shape index (κ3) is 3.80. The minimum atomic E-state index is -0.0659. The molecule has 5 rings (SSSR count). The third-order valence-corrected chi connectivity index (χ3v) is 6.07. The summed E-state index contributed by atoms with van der Waals surface area (Å²) >= 11 is 0. The van der Waals surface area contributed by atoms with Crippen LogP contribution in [0.5, 0.6) is 5.75 Å². The predicted octanol–water partition coefficient (Wildman–Crippen LogP) is 2.59. The molecular weight excluding hydrogens is 408 g/mol. The summed E-state index contributed by atoms with van der Waals surface area (Å²) in [6.07, 6.45) is 5.59. The van der Waals surface area contributed by atoms with Gasteiger partial charge in [0.1, 0.15) is 29.7 Å². The van der Waals surface area contributed by atoms with Gasteiger partial charge in [-0.25, -0.2) is 14.6 Å². The summed E-state index contributed by atoms with van der Waals surface area (Å²) in [5.74, 6) is 1.11. The van der Waals surface area contributed by atoms with Gasteiger partial charge in [-0.05, 0) is 43.2 Å². The zero-order chi connectivity index (χ0) is 22.1. The second-order valence-corrected chi connectivity index (χ2v) is 8.16. The quantitative estimate of drug-likeness (QED) is 0.615. The summed E-state index contributed by atoms with van der Waals surface area (Å²) in [7, 11) is 0. The van der Waals surface area contributed by atoms with Crippen molar-refractivity contribution in [3.63, 3.8) is 0 Å². The van der Waals surface area contributed by atoms with Crippen LogP contribution >= 0.6 is 0 Å². The molecule has 2 aliphatic rings. The van der Waals surface area contributed by atoms with Crippen LogP contribution in [-0.4, -0.2) is 63.0 Å². The second-order valence-electron chi connectivity index (χ2n) is 8.16. The van der Waals surface area contributed by atoms with Gasteiger partial charge in [0.05, 0.1) is 24.6 Å². The first kappa shape index (κ1) is 20.4. The van der Waals surface area contributed by atoms with Gasteiger partial charge < -0.3 is 20.1 Å². The zero-order valence-electron chi connectivity index (χ0n) is 17.8. The van der Waals surface area contributed by atoms with E-state index < -0.39 is 0 Å². The van der Waals surface area contributed by atoms with Gasteiger partial charge in [0.15, 0.2) is 5.65 Å². The maximum absolute atomic E-state index is 12.2. The molecule has 32 heavy (non-hydrogen) atoms. The molecule has 9 heteroatoms. The normalized spacial score (nSPS) is 21.1. The number of likely N-dealkylation sites (tertiary alicyclic amines) is 1. The van der Waals surface area contributed by atoms with Crippen molar-refractivity contribution in [1.82, 2.24) is 24.6 Å². The van der Waals surface area contributed by atoms with Gasteiger partial charge in [-0.3, -0.25) is 4.79 Å². The van der Waals surface area contributed by atoms with E-state index in [4.69, 9.17) is 20.3 Å². The Hall–Kier alpha value is -3.46. The highest BCUT2D eigenvalue weighted by molar-refractivity contribution is 5.98. The monoisotopic (exact) mass is 434 g/mol. The van der Waals surface area contributed by atoms with Gasteiger partial charge in [0.25, 0.3) is 0 Å². The van der Waals surface area contributed by atoms with E-state index in [0.717, 1.165) is 54.8 Å². The Bertz CT molecular complexity index is 1140. The molecule has 2 aliphatic heterocycles. The van der Waals surface area contributed by atoms with Gasteiger partial charge in [0, 0.05) is 25.1 Å². The molecule has 0 saturated carbocycles. The van der Waals surface area contributed by atoms with Crippen molar-refractivity contribution in [3.8, 4) is 17.0 Å². The molecule has 3 aromatic rings. The number of amides is 1. The average molecular weight is 435 g/mol. The van der Waals surface area contributed by atoms with E-state index in [2.05, 4.69) is 16.5 Å². The SMILES string of the molecule is C=CC(=O)N1CCCC(n2nc(-c3ccc(OC4CCOC4)cc3)c3c(N)ncnc32)C1. The van der Waals surface area contributed by atoms with Crippen LogP contribution in [0, 0.1) is 0 Å². The van der Waals surface area contributed by atoms with Crippen molar-refractivity contribution < 1.29 is 14.3 Å². The van der Waals surface area contributed by atoms with Crippen LogP contribution in [0.4, 0.5) is 5.82 Å². The van der Waals surface area contributed by atoms with E-state index in [1.165, 1.54) is 12.4 Å². The topological polar surface area (TPSA) is 108 Å². The van der Waals surface area contributed by atoms with Gasteiger partial charge in [-0.15, -0.1) is 0 Å². The Morgan fingerprint density at radius 1 is 1.25 bits per heavy atom. The Morgan fingerprint density at radius 2 is 2.09 bits per heavy atom. The Balaban J connectivity index is 1.49. The van der Waals surface area contributed by atoms with Crippen LogP contribution in [0.1, 0.15) is 25.3 Å². The number of nitrogens with zero attached hydrogens (tertiary/aromatic N) is 5. The Morgan fingerprint density at radius 3 is 2.84 bits per heavy atom. The molecular formula is C23H26N6O3. The third-order valence-electron chi connectivity index (χ3n) is 6.07. The summed E-state index contributed by atoms with van der Waals surface area (Å²) < 4.78 is 13.2. The van der Waals surface area contributed by atoms with Crippen molar-refractivity contribution in [2.45, 2.75) is 31.4 Å². The van der Waals surface area contributed by atoms with Crippen molar-refractivity contribution in [2.75, 3.05) is 32.0 Å². The molecule has 4 heterocycles. The van der Waals surface area contributed by atoms with Crippen LogP contribution in [-0.2, 0) is 9.53 Å². The highest BCUT2D eigenvalue weighted by atomic mass is 16.5. The van der Waals surface area contributed by atoms with Crippen LogP contribution in [0.3, 0.4) is 0 Å². The highest BCUT2D eigenvalue weighted by Gasteiger charge is 2.28. The Labute approximate surface area is 185 Å². The molecule has 1 aromatic carbocycles. The fraction of sp³-hybridized carbons (Fsp3) is 0.391. The molecule has 2 fully saturated rings. The first-order valence-electron chi connectivity index (χ1n) is 10.9. The lowest BCUT2D eigenvalue weighted by atomic mass is 10.1. The number of nitrogen functional groups attached to an aromatic ring is 1. The molecule has 166 valence electrons. The highest BCUT2D eigenvalue weighted by Crippen LogP contribution is 2.34. The molecule has 0 bridgehead atoms. The maximum atomic E-state index is 12.2. The summed E-state index contributed by atoms with van der Waals surface area (Å²) in [6.45, 7) is 6.25. The number of hydrogen-bond acceptors (Lipinski definition) is 7. The molecule has 9 nitrogen and oxygen atoms in total. The molecule has 0 aliphatic carbocycles. The van der Waals surface area contributed by atoms with Crippen LogP contribution < -0.4 is 10.5 Å². The van der Waals surface area contributed by atoms with Crippen molar-refractivity contribution >= 4 is 22.8 Å². The van der Waals surface area contributed by atoms with E-state index in [0.29, 0.717) is 24.6 Å². The molecule has 2 aromatic heterocycles. The number of fused-ring (bicyclic) bond motifs is 1. The molecule has 0 radical (unpaired) electrons. The molecule has 0 spiro atoms. The van der Waals surface area contributed by atoms with Gasteiger partial charge in [-0.2, -0.15) is 5.10 Å². The lowest BCUT2D eigenvalue weighted by Gasteiger charge is -2.32. The molecule has 1 amide bonds. The number of carbonyl (C=O) groups excluding carboxylic acids is 1. The number of nitrogens with two attached hydrogens (primary N) is 1. The second kappa shape index (κ2) is 8.58. The molecule has 2 unspecified atom stereocenters. The van der Waals surface area contributed by atoms with E-state index >= 15 is 0 Å². The zero-order valence-corrected chi connectivity index (χ0v) is 17.8. The number of ether oxygens (including phenoxy) is 2. The van der Waals surface area contributed by atoms with Crippen molar-refractivity contribution in [3.05, 3.63) is 43.2 Å². The predicted molar refractivity (Wildman–Crippen MR) is 120 cm³/mol. The smallest absolute Gasteiger partial charge is 0.246 e. The number of aromatic nitrogens is 4. The Kier molecular flexibility index (Phi) is 5.48. The van der Waals surface area contributed by atoms with E-state index in [1.54, 1.807) is 4.90 Å². The van der Waals surface area contributed by atoms with Gasteiger partial charge in [0.2, 0.25) is 5.91 Å². The van der Waals surface area contributed by atoms with Crippen molar-refractivity contribution in [1.29, 1.82) is 0 Å². The summed E-state index contributed by atoms with van der Waals surface area (Å²) in [5, 5.41) is 5.63. The van der Waals surface area contributed by atoms with E-state index in [9.17, 15) is 4.79 Å². The maximum Gasteiger partial charge on any atom is 0.246 e. The van der Waals surface area contributed by atoms with Crippen LogP contribution in [0.2, 0.25) is 0 Å². The van der Waals surface area contributed by atoms with E-state index in [-0.39, 0.29) is 18.1 Å². The number of rotatable bonds is 5. The summed E-state index contributed by atoms with van der Waals surface area (Å²) in [6, 6.07) is 7.81. The summed E-state index contributed by atoms with van der Waals surface area (Å²) in [4.78, 5) is 22.6. The number of hydrogen-bond donors (Lipinski definition) is 1. The number of piperidine rings is 1. The molecule has 2 N–H and O–H groups in total. The first-order chi connectivity index (χ1) is 15.6. The van der Waals surface area contributed by atoms with E-state index in [1.807, 2.05) is 28.9 Å². The lowest BCUT2D eigenvalue weighted by Crippen LogP contribution is -2.40. The molecule has 2 saturated heterocycles. The van der Waals surface area contributed by atoms with Gasteiger partial charge in [-0.1, -0.05) is 6.58 Å². The lowest BCUT2D eigenvalue weighted by molar-refractivity contribution is -0.127. The fourth-order valence-electron chi connectivity index (χ4n) is 4.43. The van der Waals surface area contributed by atoms with Crippen LogP contribution in [0.15, 0.2) is 43.2 Å². The first-order valence-corrected chi connectivity index (χ1v) is 10.9. The van der Waals surface area contributed by atoms with Gasteiger partial charge >= 0.3 is 0 Å². The fourth-order valence-corrected chi connectivity index (χ4v) is 4.43. The largest absolute Gasteiger partial charge is 0.488 e. The standard InChI is InChI=1S/C23H26N6O3/c1-2-19(30)28-10-3-4-16(12-28)29-23-20(22(24)25-14-26-23)21(27-29)15-5-7-17(8-6-15)32-18-9-11-31-13-18/h2,5-8,14,16,18H,1,3-4,9-13H2,(H2,24,25,26). The number of anilines is 1. The van der Waals surface area contributed by atoms with Crippen molar-refractivity contribution in [2.24, 2.45) is 0 Å². The number of carbonyl (C=O) groups is 1. The minimum absolute atomic E-state index is 0.00294. The summed E-state index contributed by atoms with van der Waals surface area (Å²) in [5.41, 5.74) is 8.55. The van der Waals surface area contributed by atoms with Crippen LogP contribution in [0.25, 0.3) is 22.3 Å².